The van der Waals surface area contributed by atoms with Gasteiger partial charge in [-0.25, -0.2) is 9.97 Å². The van der Waals surface area contributed by atoms with Gasteiger partial charge < -0.3 is 11.1 Å². The van der Waals surface area contributed by atoms with E-state index in [1.165, 1.54) is 11.3 Å². The van der Waals surface area contributed by atoms with E-state index in [-0.39, 0.29) is 5.91 Å². The number of nitrogens with two attached hydrogens (primary N) is 1. The van der Waals surface area contributed by atoms with Gasteiger partial charge in [-0.1, -0.05) is 0 Å². The lowest BCUT2D eigenvalue weighted by molar-refractivity contribution is -0.121. The number of nitrogen functional groups attached to an aromatic ring is 1. The van der Waals surface area contributed by atoms with Crippen molar-refractivity contribution < 1.29 is 4.79 Å². The number of carbonyl (C=O) groups excluding carboxylic acids is 1. The molecule has 0 aliphatic rings. The third kappa shape index (κ3) is 4.77. The third-order valence-electron chi connectivity index (χ3n) is 2.51. The molecule has 0 atom stereocenters. The van der Waals surface area contributed by atoms with Gasteiger partial charge in [-0.05, 0) is 12.7 Å². The Hall–Kier alpha value is -1.12. The number of nitrogens with zero attached hydrogens (tertiary/aromatic N) is 2. The Morgan fingerprint density at radius 2 is 2.15 bits per heavy atom. The Labute approximate surface area is 130 Å². The fourth-order valence-corrected chi connectivity index (χ4v) is 3.69. The molecular weight excluding hydrogens is 312 g/mol. The summed E-state index contributed by atoms with van der Waals surface area (Å²) in [7, 11) is 0. The third-order valence-corrected chi connectivity index (χ3v) is 4.88. The molecule has 2 aromatic rings. The molecule has 2 rings (SSSR count). The number of nitrogens with one attached hydrogen (secondary N) is 1. The summed E-state index contributed by atoms with van der Waals surface area (Å²) >= 11 is 4.78. The maximum Gasteiger partial charge on any atom is 0.220 e. The van der Waals surface area contributed by atoms with Crippen molar-refractivity contribution in [1.82, 2.24) is 15.3 Å². The second-order valence-corrected chi connectivity index (χ2v) is 6.82. The highest BCUT2D eigenvalue weighted by molar-refractivity contribution is 7.97. The van der Waals surface area contributed by atoms with E-state index in [0.717, 1.165) is 22.1 Å². The standard InChI is InChI=1S/C12H16N4OS3/c1-18-7-11-15-9(6-19-11)4-14-10(17)3-2-8-5-20-12(13)16-8/h5-6H,2-4,7H2,1H3,(H2,13,16)(H,14,17). The van der Waals surface area contributed by atoms with Crippen LogP contribution in [0.4, 0.5) is 5.13 Å². The normalized spacial score (nSPS) is 10.7. The van der Waals surface area contributed by atoms with E-state index < -0.39 is 0 Å². The molecule has 0 aromatic carbocycles. The molecule has 3 N–H and O–H groups in total. The van der Waals surface area contributed by atoms with Crippen LogP contribution in [-0.4, -0.2) is 22.1 Å². The molecule has 0 fully saturated rings. The summed E-state index contributed by atoms with van der Waals surface area (Å²) < 4.78 is 0. The smallest absolute Gasteiger partial charge is 0.220 e. The van der Waals surface area contributed by atoms with Crippen molar-refractivity contribution in [2.24, 2.45) is 0 Å². The van der Waals surface area contributed by atoms with Crippen LogP contribution in [-0.2, 0) is 23.5 Å². The minimum atomic E-state index is 0.0102. The molecule has 20 heavy (non-hydrogen) atoms. The van der Waals surface area contributed by atoms with Gasteiger partial charge in [0.25, 0.3) is 0 Å². The molecule has 0 aliphatic heterocycles. The van der Waals surface area contributed by atoms with E-state index in [1.54, 1.807) is 23.1 Å². The van der Waals surface area contributed by atoms with Crippen molar-refractivity contribution in [3.63, 3.8) is 0 Å². The summed E-state index contributed by atoms with van der Waals surface area (Å²) in [6, 6.07) is 0. The van der Waals surface area contributed by atoms with Crippen LogP contribution < -0.4 is 11.1 Å². The first-order valence-electron chi connectivity index (χ1n) is 6.06. The number of hydrogen-bond donors (Lipinski definition) is 2. The lowest BCUT2D eigenvalue weighted by Gasteiger charge is -2.02. The first-order valence-corrected chi connectivity index (χ1v) is 9.21. The molecule has 1 amide bonds. The van der Waals surface area contributed by atoms with E-state index in [1.807, 2.05) is 17.0 Å². The van der Waals surface area contributed by atoms with Crippen molar-refractivity contribution in [2.75, 3.05) is 12.0 Å². The van der Waals surface area contributed by atoms with Gasteiger partial charge in [-0.15, -0.1) is 22.7 Å². The van der Waals surface area contributed by atoms with Crippen LogP contribution in [0, 0.1) is 0 Å². The Balaban J connectivity index is 1.71. The molecular formula is C12H16N4OS3. The van der Waals surface area contributed by atoms with Crippen LogP contribution >= 0.6 is 34.4 Å². The minimum absolute atomic E-state index is 0.0102. The fraction of sp³-hybridized carbons (Fsp3) is 0.417. The summed E-state index contributed by atoms with van der Waals surface area (Å²) in [4.78, 5) is 20.3. The van der Waals surface area contributed by atoms with E-state index in [2.05, 4.69) is 15.3 Å². The predicted octanol–water partition coefficient (Wildman–Crippen LogP) is 2.29. The summed E-state index contributed by atoms with van der Waals surface area (Å²) in [6.07, 6.45) is 3.09. The SMILES string of the molecule is CSCc1nc(CNC(=O)CCc2csc(N)n2)cs1. The van der Waals surface area contributed by atoms with E-state index in [0.29, 0.717) is 24.5 Å². The largest absolute Gasteiger partial charge is 0.375 e. The molecule has 2 aromatic heterocycles. The van der Waals surface area contributed by atoms with Crippen LogP contribution in [0.5, 0.6) is 0 Å². The van der Waals surface area contributed by atoms with Gasteiger partial charge >= 0.3 is 0 Å². The Morgan fingerprint density at radius 1 is 1.35 bits per heavy atom. The lowest BCUT2D eigenvalue weighted by Crippen LogP contribution is -2.23. The van der Waals surface area contributed by atoms with E-state index in [4.69, 9.17) is 5.73 Å². The van der Waals surface area contributed by atoms with Crippen molar-refractivity contribution >= 4 is 45.5 Å². The number of aryl methyl sites for hydroxylation is 1. The van der Waals surface area contributed by atoms with Gasteiger partial charge in [-0.2, -0.15) is 11.8 Å². The number of carbonyl (C=O) groups is 1. The molecule has 0 saturated carbocycles. The number of thiazole rings is 2. The monoisotopic (exact) mass is 328 g/mol. The maximum absolute atomic E-state index is 11.7. The molecule has 0 aliphatic carbocycles. The molecule has 0 bridgehead atoms. The van der Waals surface area contributed by atoms with Crippen molar-refractivity contribution in [3.8, 4) is 0 Å². The highest BCUT2D eigenvalue weighted by Gasteiger charge is 2.06. The quantitative estimate of drug-likeness (QED) is 0.815. The van der Waals surface area contributed by atoms with Crippen LogP contribution in [0.3, 0.4) is 0 Å². The van der Waals surface area contributed by atoms with E-state index in [9.17, 15) is 4.79 Å². The molecule has 0 spiro atoms. The summed E-state index contributed by atoms with van der Waals surface area (Å²) in [5, 5.41) is 8.40. The average molecular weight is 328 g/mol. The highest BCUT2D eigenvalue weighted by Crippen LogP contribution is 2.15. The first-order chi connectivity index (χ1) is 9.67. The zero-order valence-corrected chi connectivity index (χ0v) is 13.5. The second-order valence-electron chi connectivity index (χ2n) is 4.12. The van der Waals surface area contributed by atoms with Gasteiger partial charge in [0, 0.05) is 22.9 Å². The molecule has 5 nitrogen and oxygen atoms in total. The minimum Gasteiger partial charge on any atom is -0.375 e. The first kappa shape index (κ1) is 15.3. The fourth-order valence-electron chi connectivity index (χ4n) is 1.58. The molecule has 0 unspecified atom stereocenters. The molecule has 108 valence electrons. The van der Waals surface area contributed by atoms with Gasteiger partial charge in [0.2, 0.25) is 5.91 Å². The van der Waals surface area contributed by atoms with Gasteiger partial charge in [0.05, 0.1) is 17.9 Å². The van der Waals surface area contributed by atoms with Crippen molar-refractivity contribution in [3.05, 3.63) is 27.2 Å². The Morgan fingerprint density at radius 3 is 2.85 bits per heavy atom. The number of anilines is 1. The summed E-state index contributed by atoms with van der Waals surface area (Å²) in [6.45, 7) is 0.489. The average Bonchev–Trinajstić information content (AvgIpc) is 3.04. The topological polar surface area (TPSA) is 80.9 Å². The second kappa shape index (κ2) is 7.61. The summed E-state index contributed by atoms with van der Waals surface area (Å²) in [5.41, 5.74) is 7.34. The van der Waals surface area contributed by atoms with Crippen LogP contribution in [0.1, 0.15) is 22.8 Å². The molecule has 2 heterocycles. The zero-order chi connectivity index (χ0) is 14.4. The van der Waals surface area contributed by atoms with Crippen molar-refractivity contribution in [2.45, 2.75) is 25.1 Å². The van der Waals surface area contributed by atoms with Crippen LogP contribution in [0.25, 0.3) is 0 Å². The lowest BCUT2D eigenvalue weighted by atomic mass is 10.2. The summed E-state index contributed by atoms with van der Waals surface area (Å²) in [5.74, 6) is 0.931. The van der Waals surface area contributed by atoms with Crippen LogP contribution in [0.15, 0.2) is 10.8 Å². The number of hydrogen-bond acceptors (Lipinski definition) is 7. The molecule has 0 radical (unpaired) electrons. The predicted molar refractivity (Wildman–Crippen MR) is 86.0 cm³/mol. The number of rotatable bonds is 7. The van der Waals surface area contributed by atoms with Gasteiger partial charge in [0.1, 0.15) is 5.01 Å². The maximum atomic E-state index is 11.7. The molecule has 8 heteroatoms. The van der Waals surface area contributed by atoms with E-state index >= 15 is 0 Å². The van der Waals surface area contributed by atoms with Gasteiger partial charge in [-0.3, -0.25) is 4.79 Å². The Bertz CT molecular complexity index is 567. The van der Waals surface area contributed by atoms with Crippen molar-refractivity contribution in [1.29, 1.82) is 0 Å². The Kier molecular flexibility index (Phi) is 5.81. The van der Waals surface area contributed by atoms with Crippen LogP contribution in [0.2, 0.25) is 0 Å². The zero-order valence-electron chi connectivity index (χ0n) is 11.1. The number of amides is 1. The number of thioether (sulfide) groups is 1. The molecule has 0 saturated heterocycles. The van der Waals surface area contributed by atoms with Gasteiger partial charge in [0.15, 0.2) is 5.13 Å². The highest BCUT2D eigenvalue weighted by atomic mass is 32.2. The number of aromatic nitrogens is 2.